The molecule has 0 aromatic heterocycles. The summed E-state index contributed by atoms with van der Waals surface area (Å²) in [6.07, 6.45) is 7.98. The van der Waals surface area contributed by atoms with Crippen molar-refractivity contribution in [3.63, 3.8) is 0 Å². The number of phenols is 1. The lowest BCUT2D eigenvalue weighted by molar-refractivity contribution is -0.153. The molecule has 1 aromatic carbocycles. The van der Waals surface area contributed by atoms with Crippen LogP contribution in [0.1, 0.15) is 68.1 Å². The Labute approximate surface area is 232 Å². The Hall–Kier alpha value is -3.24. The first-order valence-electron chi connectivity index (χ1n) is 14.1. The second kappa shape index (κ2) is 10.3. The molecule has 2 saturated carbocycles. The van der Waals surface area contributed by atoms with Crippen LogP contribution in [0.15, 0.2) is 23.0 Å². The average molecular weight is 557 g/mol. The molecule has 0 radical (unpaired) electrons. The minimum atomic E-state index is -2.71. The Morgan fingerprint density at radius 1 is 1.15 bits per heavy atom. The van der Waals surface area contributed by atoms with Crippen LogP contribution in [0.4, 0.5) is 4.39 Å². The molecule has 4 aliphatic carbocycles. The smallest absolute Gasteiger partial charge is 0.255 e. The summed E-state index contributed by atoms with van der Waals surface area (Å²) in [6, 6.07) is 0.108. The maximum Gasteiger partial charge on any atom is 0.255 e. The van der Waals surface area contributed by atoms with Gasteiger partial charge in [0.1, 0.15) is 28.7 Å². The van der Waals surface area contributed by atoms with Crippen molar-refractivity contribution >= 4 is 23.2 Å². The largest absolute Gasteiger partial charge is 0.508 e. The first kappa shape index (κ1) is 28.3. The zero-order valence-electron chi connectivity index (χ0n) is 22.9. The number of carbonyl (C=O) groups is 3. The SMILES string of the molecule is CN(C)[C@@H]1C(=O)C(C(N)=O)=C(O)[C@@]2(O)C(=O)C3=C(O)c4c(O)c(CCCC5CCCCC5)cc(F)c4C[C@H]3C[C@@H]12. The van der Waals surface area contributed by atoms with Gasteiger partial charge < -0.3 is 26.2 Å². The number of benzene rings is 1. The number of phenolic OH excluding ortho intramolecular Hbond substituents is 1. The van der Waals surface area contributed by atoms with Crippen LogP contribution in [0.2, 0.25) is 0 Å². The van der Waals surface area contributed by atoms with Gasteiger partial charge in [-0.1, -0.05) is 38.5 Å². The van der Waals surface area contributed by atoms with Gasteiger partial charge in [-0.15, -0.1) is 0 Å². The van der Waals surface area contributed by atoms with E-state index < -0.39 is 63.9 Å². The number of aromatic hydroxyl groups is 1. The molecular formula is C30H37FN2O7. The first-order chi connectivity index (χ1) is 18.9. The van der Waals surface area contributed by atoms with E-state index in [4.69, 9.17) is 5.73 Å². The minimum absolute atomic E-state index is 0.0548. The summed E-state index contributed by atoms with van der Waals surface area (Å²) in [5.41, 5.74) is 1.68. The van der Waals surface area contributed by atoms with Crippen LogP contribution in [-0.4, -0.2) is 68.5 Å². The van der Waals surface area contributed by atoms with Gasteiger partial charge in [0.15, 0.2) is 11.4 Å². The quantitative estimate of drug-likeness (QED) is 0.334. The van der Waals surface area contributed by atoms with E-state index in [1.165, 1.54) is 57.2 Å². The van der Waals surface area contributed by atoms with Gasteiger partial charge in [-0.3, -0.25) is 19.3 Å². The Kier molecular flexibility index (Phi) is 7.29. The number of amides is 1. The number of Topliss-reactive ketones (excluding diaryl/α,β-unsaturated/α-hetero) is 2. The monoisotopic (exact) mass is 556 g/mol. The van der Waals surface area contributed by atoms with Gasteiger partial charge in [-0.25, -0.2) is 4.39 Å². The topological polar surface area (TPSA) is 161 Å². The number of primary amides is 1. The zero-order valence-corrected chi connectivity index (χ0v) is 22.9. The van der Waals surface area contributed by atoms with Gasteiger partial charge in [0.25, 0.3) is 5.91 Å². The molecule has 0 heterocycles. The molecule has 5 rings (SSSR count). The van der Waals surface area contributed by atoms with E-state index in [1.807, 2.05) is 0 Å². The van der Waals surface area contributed by atoms with E-state index in [1.54, 1.807) is 0 Å². The predicted molar refractivity (Wildman–Crippen MR) is 144 cm³/mol. The molecule has 0 spiro atoms. The fourth-order valence-corrected chi connectivity index (χ4v) is 7.57. The molecule has 0 unspecified atom stereocenters. The number of halogens is 1. The highest BCUT2D eigenvalue weighted by atomic mass is 19.1. The molecule has 0 bridgehead atoms. The number of aliphatic hydroxyl groups is 3. The number of carbonyl (C=O) groups excluding carboxylic acids is 3. The molecule has 10 heteroatoms. The zero-order chi connectivity index (χ0) is 29.1. The summed E-state index contributed by atoms with van der Waals surface area (Å²) in [7, 11) is 3.06. The molecule has 6 N–H and O–H groups in total. The van der Waals surface area contributed by atoms with Crippen LogP contribution >= 0.6 is 0 Å². The van der Waals surface area contributed by atoms with Gasteiger partial charge >= 0.3 is 0 Å². The normalized spacial score (nSPS) is 29.0. The van der Waals surface area contributed by atoms with Gasteiger partial charge in [0, 0.05) is 17.1 Å². The summed E-state index contributed by atoms with van der Waals surface area (Å²) in [4.78, 5) is 40.5. The van der Waals surface area contributed by atoms with E-state index in [2.05, 4.69) is 0 Å². The summed E-state index contributed by atoms with van der Waals surface area (Å²) < 4.78 is 15.5. The third kappa shape index (κ3) is 4.23. The Morgan fingerprint density at radius 3 is 2.45 bits per heavy atom. The third-order valence-electron chi connectivity index (χ3n) is 9.53. The van der Waals surface area contributed by atoms with Crippen molar-refractivity contribution < 1.29 is 39.2 Å². The van der Waals surface area contributed by atoms with Crippen molar-refractivity contribution in [2.24, 2.45) is 23.5 Å². The molecule has 40 heavy (non-hydrogen) atoms. The number of nitrogens with zero attached hydrogens (tertiary/aromatic N) is 1. The molecule has 4 aliphatic rings. The Balaban J connectivity index is 1.55. The lowest BCUT2D eigenvalue weighted by Crippen LogP contribution is -2.65. The number of likely N-dealkylation sites (N-methyl/N-ethyl adjacent to an activating group) is 1. The number of fused-ring (bicyclic) bond motifs is 3. The molecule has 216 valence electrons. The lowest BCUT2D eigenvalue weighted by atomic mass is 9.57. The molecule has 1 aromatic rings. The summed E-state index contributed by atoms with van der Waals surface area (Å²) in [5, 5.41) is 45.1. The van der Waals surface area contributed by atoms with Crippen LogP contribution in [0.25, 0.3) is 5.76 Å². The fraction of sp³-hybridized carbons (Fsp3) is 0.567. The highest BCUT2D eigenvalue weighted by Gasteiger charge is 2.64. The van der Waals surface area contributed by atoms with Crippen molar-refractivity contribution in [3.8, 4) is 5.75 Å². The van der Waals surface area contributed by atoms with E-state index in [9.17, 15) is 34.8 Å². The van der Waals surface area contributed by atoms with Crippen LogP contribution in [0.5, 0.6) is 5.75 Å². The van der Waals surface area contributed by atoms with Crippen molar-refractivity contribution in [1.82, 2.24) is 4.90 Å². The molecule has 4 atom stereocenters. The van der Waals surface area contributed by atoms with Gasteiger partial charge in [0.05, 0.1) is 11.6 Å². The number of aliphatic hydroxyl groups excluding tert-OH is 2. The van der Waals surface area contributed by atoms with E-state index >= 15 is 4.39 Å². The summed E-state index contributed by atoms with van der Waals surface area (Å²) >= 11 is 0. The molecule has 2 fully saturated rings. The Morgan fingerprint density at radius 2 is 1.82 bits per heavy atom. The minimum Gasteiger partial charge on any atom is -0.508 e. The van der Waals surface area contributed by atoms with E-state index in [0.29, 0.717) is 17.9 Å². The van der Waals surface area contributed by atoms with Crippen LogP contribution in [0.3, 0.4) is 0 Å². The van der Waals surface area contributed by atoms with Gasteiger partial charge in [-0.05, 0) is 63.2 Å². The summed E-state index contributed by atoms with van der Waals surface area (Å²) in [6.45, 7) is 0. The maximum absolute atomic E-state index is 15.5. The lowest BCUT2D eigenvalue weighted by Gasteiger charge is -2.50. The summed E-state index contributed by atoms with van der Waals surface area (Å²) in [5.74, 6) is -7.32. The number of aryl methyl sites for hydroxylation is 1. The van der Waals surface area contributed by atoms with Crippen molar-refractivity contribution in [2.75, 3.05) is 14.1 Å². The molecule has 1 amide bonds. The maximum atomic E-state index is 15.5. The Bertz CT molecular complexity index is 1340. The van der Waals surface area contributed by atoms with Gasteiger partial charge in [-0.2, -0.15) is 0 Å². The number of hydrogen-bond donors (Lipinski definition) is 5. The van der Waals surface area contributed by atoms with Crippen LogP contribution in [-0.2, 0) is 27.2 Å². The standard InChI is InChI=1S/C30H37FN2O7/c1-33(2)23-18-12-16-11-17-19(31)13-15(10-6-9-14-7-4-3-5-8-14)24(34)21(17)25(35)20(16)27(37)30(18,40)28(38)22(26(23)36)29(32)39/h13-14,16,18,23,34-35,38,40H,3-12H2,1-2H3,(H2,32,39)/t16-,18-,23-,30-/m0/s1. The third-order valence-corrected chi connectivity index (χ3v) is 9.53. The highest BCUT2D eigenvalue weighted by Crippen LogP contribution is 2.53. The van der Waals surface area contributed by atoms with Crippen molar-refractivity contribution in [2.45, 2.75) is 75.9 Å². The van der Waals surface area contributed by atoms with Crippen LogP contribution in [0, 0.1) is 23.6 Å². The fourth-order valence-electron chi connectivity index (χ4n) is 7.57. The number of nitrogens with two attached hydrogens (primary N) is 1. The molecule has 9 nitrogen and oxygen atoms in total. The number of rotatable bonds is 6. The number of ketones is 2. The molecular weight excluding hydrogens is 519 g/mol. The highest BCUT2D eigenvalue weighted by molar-refractivity contribution is 6.24. The van der Waals surface area contributed by atoms with Crippen molar-refractivity contribution in [3.05, 3.63) is 45.5 Å². The molecule has 0 saturated heterocycles. The van der Waals surface area contributed by atoms with Crippen LogP contribution < -0.4 is 5.73 Å². The average Bonchev–Trinajstić information content (AvgIpc) is 2.89. The molecule has 0 aliphatic heterocycles. The van der Waals surface area contributed by atoms with Crippen molar-refractivity contribution in [1.29, 1.82) is 0 Å². The second-order valence-electron chi connectivity index (χ2n) is 12.1. The second-order valence-corrected chi connectivity index (χ2v) is 12.1. The van der Waals surface area contributed by atoms with E-state index in [-0.39, 0.29) is 35.3 Å². The number of hydrogen-bond acceptors (Lipinski definition) is 8. The van der Waals surface area contributed by atoms with Gasteiger partial charge in [0.2, 0.25) is 5.78 Å². The first-order valence-corrected chi connectivity index (χ1v) is 14.1. The predicted octanol–water partition coefficient (Wildman–Crippen LogP) is 3.01. The van der Waals surface area contributed by atoms with E-state index in [0.717, 1.165) is 12.8 Å².